The number of halogens is 1. The first-order valence-corrected chi connectivity index (χ1v) is 7.58. The van der Waals surface area contributed by atoms with E-state index in [0.29, 0.717) is 5.78 Å². The average Bonchev–Trinajstić information content (AvgIpc) is 2.93. The second kappa shape index (κ2) is 5.84. The van der Waals surface area contributed by atoms with Crippen LogP contribution in [0.5, 0.6) is 0 Å². The topological polar surface area (TPSA) is 72.2 Å². The quantitative estimate of drug-likeness (QED) is 0.780. The van der Waals surface area contributed by atoms with Crippen LogP contribution in [-0.2, 0) is 0 Å². The number of nitrogens with one attached hydrogen (secondary N) is 1. The van der Waals surface area contributed by atoms with Gasteiger partial charge in [-0.15, -0.1) is 5.10 Å². The minimum Gasteiger partial charge on any atom is -0.343 e. The van der Waals surface area contributed by atoms with Crippen LogP contribution in [0.2, 0.25) is 0 Å². The lowest BCUT2D eigenvalue weighted by Crippen LogP contribution is -2.27. The second-order valence-electron chi connectivity index (χ2n) is 4.98. The first-order valence-electron chi connectivity index (χ1n) is 6.79. The summed E-state index contributed by atoms with van der Waals surface area (Å²) in [6.07, 6.45) is 1.64. The Balaban J connectivity index is 1.80. The number of aryl methyl sites for hydroxylation is 1. The van der Waals surface area contributed by atoms with Gasteiger partial charge in [0.15, 0.2) is 0 Å². The van der Waals surface area contributed by atoms with Crippen LogP contribution in [0.1, 0.15) is 34.8 Å². The zero-order valence-electron chi connectivity index (χ0n) is 12.1. The molecule has 1 atom stereocenters. The molecule has 1 aromatic carbocycles. The molecule has 0 saturated heterocycles. The number of carbonyl (C=O) groups excluding carboxylic acids is 1. The highest BCUT2D eigenvalue weighted by Gasteiger charge is 2.17. The van der Waals surface area contributed by atoms with Gasteiger partial charge >= 0.3 is 0 Å². The van der Waals surface area contributed by atoms with Crippen LogP contribution < -0.4 is 5.32 Å². The van der Waals surface area contributed by atoms with E-state index in [4.69, 9.17) is 0 Å². The van der Waals surface area contributed by atoms with Crippen LogP contribution >= 0.6 is 15.9 Å². The van der Waals surface area contributed by atoms with Gasteiger partial charge in [-0.25, -0.2) is 9.50 Å². The number of hydrogen-bond donors (Lipinski definition) is 1. The van der Waals surface area contributed by atoms with E-state index in [9.17, 15) is 4.79 Å². The fourth-order valence-electron chi connectivity index (χ4n) is 2.10. The Morgan fingerprint density at radius 3 is 2.68 bits per heavy atom. The molecule has 1 amide bonds. The molecular formula is C15H14BrN5O. The van der Waals surface area contributed by atoms with E-state index in [1.54, 1.807) is 10.7 Å². The van der Waals surface area contributed by atoms with Crippen LogP contribution in [0.25, 0.3) is 5.78 Å². The summed E-state index contributed by atoms with van der Waals surface area (Å²) >= 11 is 3.39. The highest BCUT2D eigenvalue weighted by atomic mass is 79.9. The molecule has 7 heteroatoms. The van der Waals surface area contributed by atoms with Crippen LogP contribution in [0.15, 0.2) is 41.0 Å². The molecule has 0 fully saturated rings. The zero-order chi connectivity index (χ0) is 15.7. The molecule has 0 unspecified atom stereocenters. The highest BCUT2D eigenvalue weighted by molar-refractivity contribution is 9.10. The number of amides is 1. The number of nitrogens with zero attached hydrogens (tertiary/aromatic N) is 4. The smallest absolute Gasteiger partial charge is 0.291 e. The van der Waals surface area contributed by atoms with Crippen molar-refractivity contribution in [3.8, 4) is 0 Å². The van der Waals surface area contributed by atoms with Crippen LogP contribution in [0.3, 0.4) is 0 Å². The molecule has 22 heavy (non-hydrogen) atoms. The van der Waals surface area contributed by atoms with Gasteiger partial charge in [-0.05, 0) is 37.6 Å². The Morgan fingerprint density at radius 1 is 1.27 bits per heavy atom. The molecule has 0 radical (unpaired) electrons. The Morgan fingerprint density at radius 2 is 2.00 bits per heavy atom. The Kier molecular flexibility index (Phi) is 3.89. The molecular weight excluding hydrogens is 346 g/mol. The van der Waals surface area contributed by atoms with E-state index >= 15 is 0 Å². The van der Waals surface area contributed by atoms with Crippen molar-refractivity contribution in [2.24, 2.45) is 0 Å². The maximum Gasteiger partial charge on any atom is 0.291 e. The highest BCUT2D eigenvalue weighted by Crippen LogP contribution is 2.16. The molecule has 2 aromatic heterocycles. The number of fused-ring (bicyclic) bond motifs is 1. The van der Waals surface area contributed by atoms with E-state index < -0.39 is 0 Å². The van der Waals surface area contributed by atoms with Gasteiger partial charge < -0.3 is 5.32 Å². The summed E-state index contributed by atoms with van der Waals surface area (Å²) < 4.78 is 2.55. The summed E-state index contributed by atoms with van der Waals surface area (Å²) in [6.45, 7) is 3.80. The minimum absolute atomic E-state index is 0.116. The van der Waals surface area contributed by atoms with Crippen LogP contribution in [0, 0.1) is 6.92 Å². The summed E-state index contributed by atoms with van der Waals surface area (Å²) in [5.41, 5.74) is 1.88. The second-order valence-corrected chi connectivity index (χ2v) is 5.90. The summed E-state index contributed by atoms with van der Waals surface area (Å²) in [5, 5.41) is 7.09. The maximum absolute atomic E-state index is 12.3. The Labute approximate surface area is 135 Å². The fourth-order valence-corrected chi connectivity index (χ4v) is 2.36. The van der Waals surface area contributed by atoms with Crippen molar-refractivity contribution in [3.05, 3.63) is 58.1 Å². The van der Waals surface area contributed by atoms with Crippen molar-refractivity contribution in [2.45, 2.75) is 19.9 Å². The predicted molar refractivity (Wildman–Crippen MR) is 85.5 cm³/mol. The SMILES string of the molecule is Cc1ccnc2nc(C(=O)N[C@@H](C)c3ccc(Br)cc3)nn12. The lowest BCUT2D eigenvalue weighted by molar-refractivity contribution is 0.0929. The fraction of sp³-hybridized carbons (Fsp3) is 0.200. The lowest BCUT2D eigenvalue weighted by atomic mass is 10.1. The number of hydrogen-bond acceptors (Lipinski definition) is 4. The summed E-state index contributed by atoms with van der Waals surface area (Å²) in [4.78, 5) is 20.5. The van der Waals surface area contributed by atoms with E-state index in [-0.39, 0.29) is 17.8 Å². The van der Waals surface area contributed by atoms with Gasteiger partial charge in [0, 0.05) is 16.4 Å². The number of carbonyl (C=O) groups is 1. The minimum atomic E-state index is -0.319. The van der Waals surface area contributed by atoms with Gasteiger partial charge in [0.2, 0.25) is 5.82 Å². The molecule has 3 rings (SSSR count). The third kappa shape index (κ3) is 2.85. The van der Waals surface area contributed by atoms with Crippen LogP contribution in [0.4, 0.5) is 0 Å². The van der Waals surface area contributed by atoms with E-state index in [1.807, 2.05) is 44.2 Å². The van der Waals surface area contributed by atoms with Gasteiger partial charge in [-0.2, -0.15) is 4.98 Å². The van der Waals surface area contributed by atoms with E-state index in [2.05, 4.69) is 36.3 Å². The predicted octanol–water partition coefficient (Wildman–Crippen LogP) is 2.69. The third-order valence-corrected chi connectivity index (χ3v) is 3.88. The van der Waals surface area contributed by atoms with Crippen molar-refractivity contribution >= 4 is 27.6 Å². The summed E-state index contributed by atoms with van der Waals surface area (Å²) in [5.74, 6) is 0.215. The number of aromatic nitrogens is 4. The first kappa shape index (κ1) is 14.6. The van der Waals surface area contributed by atoms with Crippen molar-refractivity contribution < 1.29 is 4.79 Å². The normalized spacial score (nSPS) is 12.3. The van der Waals surface area contributed by atoms with Gasteiger partial charge in [0.25, 0.3) is 11.7 Å². The van der Waals surface area contributed by atoms with Crippen molar-refractivity contribution in [1.82, 2.24) is 24.9 Å². The standard InChI is InChI=1S/C15H14BrN5O/c1-9-7-8-17-15-19-13(20-21(9)15)14(22)18-10(2)11-3-5-12(16)6-4-11/h3-8,10H,1-2H3,(H,18,22)/t10-/m0/s1. The van der Waals surface area contributed by atoms with E-state index in [1.165, 1.54) is 0 Å². The molecule has 0 bridgehead atoms. The van der Waals surface area contributed by atoms with Crippen LogP contribution in [-0.4, -0.2) is 25.5 Å². The summed E-state index contributed by atoms with van der Waals surface area (Å²) in [7, 11) is 0. The molecule has 3 aromatic rings. The molecule has 6 nitrogen and oxygen atoms in total. The lowest BCUT2D eigenvalue weighted by Gasteiger charge is -2.12. The van der Waals surface area contributed by atoms with Gasteiger partial charge in [0.1, 0.15) is 0 Å². The van der Waals surface area contributed by atoms with E-state index in [0.717, 1.165) is 15.7 Å². The first-order chi connectivity index (χ1) is 10.5. The number of benzene rings is 1. The van der Waals surface area contributed by atoms with Crippen molar-refractivity contribution in [1.29, 1.82) is 0 Å². The largest absolute Gasteiger partial charge is 0.343 e. The Hall–Kier alpha value is -2.28. The molecule has 112 valence electrons. The van der Waals surface area contributed by atoms with Gasteiger partial charge in [-0.1, -0.05) is 28.1 Å². The van der Waals surface area contributed by atoms with Crippen molar-refractivity contribution in [2.75, 3.05) is 0 Å². The Bertz CT molecular complexity index is 828. The molecule has 0 aliphatic carbocycles. The molecule has 1 N–H and O–H groups in total. The summed E-state index contributed by atoms with van der Waals surface area (Å²) in [6, 6.07) is 9.47. The molecule has 2 heterocycles. The molecule has 0 spiro atoms. The monoisotopic (exact) mass is 359 g/mol. The third-order valence-electron chi connectivity index (χ3n) is 3.35. The van der Waals surface area contributed by atoms with Gasteiger partial charge in [0.05, 0.1) is 6.04 Å². The molecule has 0 saturated carbocycles. The zero-order valence-corrected chi connectivity index (χ0v) is 13.7. The molecule has 0 aliphatic heterocycles. The molecule has 0 aliphatic rings. The number of rotatable bonds is 3. The average molecular weight is 360 g/mol. The maximum atomic E-state index is 12.3. The van der Waals surface area contributed by atoms with Crippen molar-refractivity contribution in [3.63, 3.8) is 0 Å². The van der Waals surface area contributed by atoms with Gasteiger partial charge in [-0.3, -0.25) is 4.79 Å².